The molecule has 2 fully saturated rings. The van der Waals surface area contributed by atoms with Crippen LogP contribution >= 0.6 is 0 Å². The summed E-state index contributed by atoms with van der Waals surface area (Å²) in [6, 6.07) is 0.496. The Balaban J connectivity index is 1.73. The van der Waals surface area contributed by atoms with Crippen molar-refractivity contribution in [2.45, 2.75) is 70.6 Å². The van der Waals surface area contributed by atoms with Gasteiger partial charge in [-0.2, -0.15) is 0 Å². The molecule has 0 aromatic heterocycles. The van der Waals surface area contributed by atoms with Crippen molar-refractivity contribution in [3.05, 3.63) is 0 Å². The van der Waals surface area contributed by atoms with Crippen LogP contribution in [0.2, 0.25) is 0 Å². The highest BCUT2D eigenvalue weighted by molar-refractivity contribution is 4.83. The molecule has 124 valence electrons. The van der Waals surface area contributed by atoms with Gasteiger partial charge in [0.15, 0.2) is 0 Å². The minimum absolute atomic E-state index is 0.356. The molecule has 0 aliphatic carbocycles. The third kappa shape index (κ3) is 5.85. The van der Waals surface area contributed by atoms with Gasteiger partial charge in [-0.15, -0.1) is 0 Å². The Bertz CT molecular complexity index is 268. The minimum atomic E-state index is 0.356. The SMILES string of the molecule is CCCN1CCOC(C(CCCC2CCCO2)NCC)C1. The van der Waals surface area contributed by atoms with Crippen LogP contribution in [0.5, 0.6) is 0 Å². The first-order valence-corrected chi connectivity index (χ1v) is 9.02. The number of likely N-dealkylation sites (N-methyl/N-ethyl adjacent to an activating group) is 1. The average Bonchev–Trinajstić information content (AvgIpc) is 3.00. The van der Waals surface area contributed by atoms with E-state index in [1.54, 1.807) is 0 Å². The lowest BCUT2D eigenvalue weighted by molar-refractivity contribution is -0.0480. The second-order valence-corrected chi connectivity index (χ2v) is 6.44. The molecule has 0 radical (unpaired) electrons. The Hall–Kier alpha value is -0.160. The van der Waals surface area contributed by atoms with Gasteiger partial charge in [0.2, 0.25) is 0 Å². The van der Waals surface area contributed by atoms with E-state index in [0.29, 0.717) is 18.2 Å². The van der Waals surface area contributed by atoms with E-state index < -0.39 is 0 Å². The van der Waals surface area contributed by atoms with Crippen molar-refractivity contribution in [3.63, 3.8) is 0 Å². The molecule has 0 spiro atoms. The molecule has 0 amide bonds. The summed E-state index contributed by atoms with van der Waals surface area (Å²) < 4.78 is 11.8. The first-order chi connectivity index (χ1) is 10.3. The van der Waals surface area contributed by atoms with Crippen molar-refractivity contribution >= 4 is 0 Å². The number of rotatable bonds is 9. The van der Waals surface area contributed by atoms with E-state index in [-0.39, 0.29) is 0 Å². The molecule has 3 unspecified atom stereocenters. The van der Waals surface area contributed by atoms with Gasteiger partial charge in [-0.25, -0.2) is 0 Å². The molecule has 0 saturated carbocycles. The van der Waals surface area contributed by atoms with Crippen molar-refractivity contribution in [3.8, 4) is 0 Å². The van der Waals surface area contributed by atoms with E-state index in [2.05, 4.69) is 24.1 Å². The second kappa shape index (κ2) is 9.78. The normalized spacial score (nSPS) is 28.9. The van der Waals surface area contributed by atoms with Gasteiger partial charge in [-0.1, -0.05) is 13.8 Å². The molecule has 3 atom stereocenters. The van der Waals surface area contributed by atoms with E-state index in [4.69, 9.17) is 9.47 Å². The maximum absolute atomic E-state index is 6.06. The van der Waals surface area contributed by atoms with Crippen LogP contribution in [0.1, 0.15) is 52.4 Å². The quantitative estimate of drug-likeness (QED) is 0.709. The lowest BCUT2D eigenvalue weighted by Gasteiger charge is -2.37. The molecule has 2 heterocycles. The second-order valence-electron chi connectivity index (χ2n) is 6.44. The van der Waals surface area contributed by atoms with Crippen molar-refractivity contribution in [2.24, 2.45) is 0 Å². The van der Waals surface area contributed by atoms with Crippen LogP contribution < -0.4 is 5.32 Å². The summed E-state index contributed by atoms with van der Waals surface area (Å²) in [4.78, 5) is 2.55. The van der Waals surface area contributed by atoms with Crippen LogP contribution in [0.4, 0.5) is 0 Å². The molecule has 2 rings (SSSR count). The summed E-state index contributed by atoms with van der Waals surface area (Å²) in [7, 11) is 0. The van der Waals surface area contributed by atoms with Crippen molar-refractivity contribution in [2.75, 3.05) is 39.4 Å². The van der Waals surface area contributed by atoms with E-state index in [1.165, 1.54) is 45.1 Å². The van der Waals surface area contributed by atoms with Gasteiger partial charge in [0, 0.05) is 25.7 Å². The Labute approximate surface area is 130 Å². The van der Waals surface area contributed by atoms with Crippen molar-refractivity contribution < 1.29 is 9.47 Å². The number of nitrogens with one attached hydrogen (secondary N) is 1. The maximum atomic E-state index is 6.06. The molecule has 2 saturated heterocycles. The summed E-state index contributed by atoms with van der Waals surface area (Å²) in [6.45, 7) is 10.7. The number of nitrogens with zero attached hydrogens (tertiary/aromatic N) is 1. The predicted molar refractivity (Wildman–Crippen MR) is 86.8 cm³/mol. The lowest BCUT2D eigenvalue weighted by Crippen LogP contribution is -2.52. The third-order valence-electron chi connectivity index (χ3n) is 4.70. The molecule has 4 nitrogen and oxygen atoms in total. The summed E-state index contributed by atoms with van der Waals surface area (Å²) >= 11 is 0. The zero-order valence-corrected chi connectivity index (χ0v) is 14.0. The van der Waals surface area contributed by atoms with Gasteiger partial charge in [0.1, 0.15) is 0 Å². The minimum Gasteiger partial charge on any atom is -0.378 e. The van der Waals surface area contributed by atoms with E-state index in [0.717, 1.165) is 32.8 Å². The first-order valence-electron chi connectivity index (χ1n) is 9.02. The third-order valence-corrected chi connectivity index (χ3v) is 4.70. The highest BCUT2D eigenvalue weighted by Crippen LogP contribution is 2.20. The van der Waals surface area contributed by atoms with E-state index in [9.17, 15) is 0 Å². The zero-order chi connectivity index (χ0) is 14.9. The molecule has 0 bridgehead atoms. The van der Waals surface area contributed by atoms with Crippen molar-refractivity contribution in [1.29, 1.82) is 0 Å². The largest absolute Gasteiger partial charge is 0.378 e. The molecular formula is C17H34N2O2. The van der Waals surface area contributed by atoms with Crippen LogP contribution in [-0.4, -0.2) is 62.5 Å². The predicted octanol–water partition coefficient (Wildman–Crippen LogP) is 2.42. The first kappa shape index (κ1) is 17.2. The molecule has 4 heteroatoms. The zero-order valence-electron chi connectivity index (χ0n) is 14.0. The number of hydrogen-bond acceptors (Lipinski definition) is 4. The molecule has 2 aliphatic heterocycles. The highest BCUT2D eigenvalue weighted by atomic mass is 16.5. The summed E-state index contributed by atoms with van der Waals surface area (Å²) in [6.07, 6.45) is 8.29. The van der Waals surface area contributed by atoms with Gasteiger partial charge < -0.3 is 14.8 Å². The summed E-state index contributed by atoms with van der Waals surface area (Å²) in [5.74, 6) is 0. The van der Waals surface area contributed by atoms with Gasteiger partial charge in [0.05, 0.1) is 18.8 Å². The smallest absolute Gasteiger partial charge is 0.0855 e. The van der Waals surface area contributed by atoms with E-state index in [1.807, 2.05) is 0 Å². The fraction of sp³-hybridized carbons (Fsp3) is 1.00. The van der Waals surface area contributed by atoms with Crippen LogP contribution in [0.25, 0.3) is 0 Å². The number of hydrogen-bond donors (Lipinski definition) is 1. The number of morpholine rings is 1. The molecule has 21 heavy (non-hydrogen) atoms. The topological polar surface area (TPSA) is 33.7 Å². The molecule has 0 aromatic carbocycles. The van der Waals surface area contributed by atoms with Gasteiger partial charge in [-0.05, 0) is 51.6 Å². The highest BCUT2D eigenvalue weighted by Gasteiger charge is 2.27. The average molecular weight is 298 g/mol. The molecule has 2 aliphatic rings. The molecule has 0 aromatic rings. The lowest BCUT2D eigenvalue weighted by atomic mass is 10.00. The van der Waals surface area contributed by atoms with Crippen LogP contribution in [0.3, 0.4) is 0 Å². The fourth-order valence-corrected chi connectivity index (χ4v) is 3.61. The Kier molecular flexibility index (Phi) is 8.01. The summed E-state index contributed by atoms with van der Waals surface area (Å²) in [5.41, 5.74) is 0. The van der Waals surface area contributed by atoms with Crippen LogP contribution in [0.15, 0.2) is 0 Å². The fourth-order valence-electron chi connectivity index (χ4n) is 3.61. The Morgan fingerprint density at radius 3 is 2.86 bits per heavy atom. The van der Waals surface area contributed by atoms with Crippen LogP contribution in [-0.2, 0) is 9.47 Å². The van der Waals surface area contributed by atoms with Crippen molar-refractivity contribution in [1.82, 2.24) is 10.2 Å². The van der Waals surface area contributed by atoms with Gasteiger partial charge >= 0.3 is 0 Å². The standard InChI is InChI=1S/C17H34N2O2/c1-3-10-19-11-13-21-17(14-19)16(18-4-2)9-5-7-15-8-6-12-20-15/h15-18H,3-14H2,1-2H3. The number of ether oxygens (including phenoxy) is 2. The monoisotopic (exact) mass is 298 g/mol. The Morgan fingerprint density at radius 2 is 2.14 bits per heavy atom. The molecule has 1 N–H and O–H groups in total. The summed E-state index contributed by atoms with van der Waals surface area (Å²) in [5, 5.41) is 3.65. The van der Waals surface area contributed by atoms with Crippen LogP contribution in [0, 0.1) is 0 Å². The Morgan fingerprint density at radius 1 is 1.24 bits per heavy atom. The molecular weight excluding hydrogens is 264 g/mol. The maximum Gasteiger partial charge on any atom is 0.0855 e. The van der Waals surface area contributed by atoms with Gasteiger partial charge in [0.25, 0.3) is 0 Å². The van der Waals surface area contributed by atoms with E-state index >= 15 is 0 Å². The van der Waals surface area contributed by atoms with Gasteiger partial charge in [-0.3, -0.25) is 4.90 Å².